The van der Waals surface area contributed by atoms with E-state index >= 15 is 0 Å². The van der Waals surface area contributed by atoms with Crippen molar-refractivity contribution in [3.63, 3.8) is 0 Å². The molecule has 0 spiro atoms. The third-order valence-electron chi connectivity index (χ3n) is 14.2. The molecule has 37 heteroatoms. The van der Waals surface area contributed by atoms with E-state index in [1.165, 1.54) is 28.2 Å². The SMILES string of the molecule is [3H]c1ccc(OCc2c(C)nnnc2-n2nnn(C)c2=O)c(C)c1.[3H]c1ccc(OCc2c(C3CC3)nnnc2-n2nnn(C)c2=O)c(C)c1.[3H]c1ccc(OCc2c(CC)nnnc2-n2nnn(C)c2=O)c(C)c1.[3H]c1ccc(OCc2c(I)nnnc2-n2nnn(C)c2=O)c(C)c1. The van der Waals surface area contributed by atoms with Crippen molar-refractivity contribution in [3.8, 4) is 46.3 Å². The predicted octanol–water partition coefficient (Wildman–Crippen LogP) is 2.51. The molecule has 1 aliphatic carbocycles. The normalized spacial score (nSPS) is 12.2. The maximum absolute atomic E-state index is 12.2. The number of aromatic nitrogens is 28. The van der Waals surface area contributed by atoms with Gasteiger partial charge in [-0.05, 0) is 186 Å². The van der Waals surface area contributed by atoms with Gasteiger partial charge in [-0.3, -0.25) is 0 Å². The van der Waals surface area contributed by atoms with Crippen molar-refractivity contribution in [1.82, 2.24) is 141 Å². The summed E-state index contributed by atoms with van der Waals surface area (Å²) in [4.78, 5) is 48.5. The molecule has 0 saturated heterocycles. The summed E-state index contributed by atoms with van der Waals surface area (Å²) in [5.41, 5.74) is 6.14. The summed E-state index contributed by atoms with van der Waals surface area (Å²) in [5, 5.41) is 76.6. The van der Waals surface area contributed by atoms with E-state index in [0.29, 0.717) is 96.8 Å². The molecule has 8 aromatic heterocycles. The quantitative estimate of drug-likeness (QED) is 0.111. The van der Waals surface area contributed by atoms with E-state index in [9.17, 15) is 19.2 Å². The molecule has 13 rings (SSSR count). The van der Waals surface area contributed by atoms with Crippen LogP contribution in [0.1, 0.15) is 92.8 Å². The standard InChI is InChI=1S/C16H17N7O2.C15H17N7O2.C14H15N7O2.C13H12IN7O2/c1-10-5-3-4-6-13(10)25-9-12-14(11-7-8-11)17-19-18-15(12)23-16(24)22(2)20-21-23;1-4-12-11(9-24-13-8-6-5-7-10(13)2)14(17-18-16-12)22-15(23)21(3)19-20-22;1-9-6-4-5-7-12(9)23-8-11-10(2)15-17-16-13(11)21-14(22)20(3)18-19-21;1-8-5-3-4-6-10(8)23-7-9-11(14)15-17-16-12(9)21-13(22)20(2)18-19-21/h3-6,11H,7-9H2,1-2H3;5-8H,4,9H2,1-3H3;4-7H,8H2,1-3H3;3-6H,7H2,1-2H3/i3T;5T;4T;3T. The Labute approximate surface area is 557 Å². The number of nitrogens with zero attached hydrogens (tertiary/aromatic N) is 28. The molecule has 488 valence electrons. The van der Waals surface area contributed by atoms with E-state index in [0.717, 1.165) is 78.2 Å². The van der Waals surface area contributed by atoms with Crippen molar-refractivity contribution >= 4 is 22.6 Å². The van der Waals surface area contributed by atoms with Crippen LogP contribution in [-0.2, 0) is 61.0 Å². The Morgan fingerprint density at radius 3 is 1.12 bits per heavy atom. The Morgan fingerprint density at radius 2 is 0.747 bits per heavy atom. The van der Waals surface area contributed by atoms with Crippen LogP contribution in [0.2, 0.25) is 0 Å². The topological polar surface area (TPSA) is 402 Å². The molecule has 0 radical (unpaired) electrons. The van der Waals surface area contributed by atoms with Gasteiger partial charge in [0, 0.05) is 34.1 Å². The third kappa shape index (κ3) is 15.5. The summed E-state index contributed by atoms with van der Waals surface area (Å²) in [6.45, 7) is 11.7. The van der Waals surface area contributed by atoms with E-state index in [1.807, 2.05) is 57.2 Å². The van der Waals surface area contributed by atoms with E-state index in [4.69, 9.17) is 24.4 Å². The largest absolute Gasteiger partial charge is 0.488 e. The molecule has 4 aromatic carbocycles. The Morgan fingerprint density at radius 1 is 0.421 bits per heavy atom. The zero-order chi connectivity index (χ0) is 70.8. The number of tetrazole rings is 4. The number of para-hydroxylation sites is 4. The van der Waals surface area contributed by atoms with Crippen molar-refractivity contribution in [3.05, 3.63) is 204 Å². The van der Waals surface area contributed by atoms with Gasteiger partial charge in [-0.15, -0.1) is 59.5 Å². The second kappa shape index (κ2) is 30.2. The first-order valence-electron chi connectivity index (χ1n) is 30.8. The smallest absolute Gasteiger partial charge is 0.369 e. The fourth-order valence-electron chi connectivity index (χ4n) is 8.71. The lowest BCUT2D eigenvalue weighted by Gasteiger charge is -2.13. The highest BCUT2D eigenvalue weighted by Crippen LogP contribution is 2.41. The van der Waals surface area contributed by atoms with Crippen LogP contribution >= 0.6 is 22.6 Å². The molecular weight excluding hydrogens is 1340 g/mol. The van der Waals surface area contributed by atoms with Crippen LogP contribution in [0.25, 0.3) is 23.3 Å². The fourth-order valence-corrected chi connectivity index (χ4v) is 9.20. The first-order valence-corrected chi connectivity index (χ1v) is 29.8. The molecular formula is C58H61IN28O8. The molecule has 1 fully saturated rings. The predicted molar refractivity (Wildman–Crippen MR) is 341 cm³/mol. The van der Waals surface area contributed by atoms with Gasteiger partial charge in [-0.25, -0.2) is 19.2 Å². The number of benzene rings is 4. The van der Waals surface area contributed by atoms with Crippen LogP contribution in [0.5, 0.6) is 23.0 Å². The van der Waals surface area contributed by atoms with Gasteiger partial charge in [-0.1, -0.05) is 79.6 Å². The number of hydrogen-bond acceptors (Lipinski definition) is 28. The highest BCUT2D eigenvalue weighted by Gasteiger charge is 2.32. The minimum Gasteiger partial charge on any atom is -0.488 e. The minimum absolute atomic E-state index is 0.122. The monoisotopic (exact) mass is 1410 g/mol. The second-order valence-corrected chi connectivity index (χ2v) is 21.8. The Balaban J connectivity index is 0.000000143. The Kier molecular flexibility index (Phi) is 19.3. The van der Waals surface area contributed by atoms with Crippen molar-refractivity contribution < 1.29 is 24.4 Å². The Bertz CT molecular complexity index is 5010. The lowest BCUT2D eigenvalue weighted by Crippen LogP contribution is -2.25. The molecule has 36 nitrogen and oxygen atoms in total. The third-order valence-corrected chi connectivity index (χ3v) is 15.0. The van der Waals surface area contributed by atoms with E-state index < -0.39 is 22.8 Å². The molecule has 0 unspecified atom stereocenters. The van der Waals surface area contributed by atoms with Crippen LogP contribution in [0, 0.1) is 38.3 Å². The van der Waals surface area contributed by atoms with Gasteiger partial charge in [0.1, 0.15) is 53.1 Å². The average molecular weight is 1410 g/mol. The van der Waals surface area contributed by atoms with Gasteiger partial charge in [-0.2, -0.15) is 18.7 Å². The van der Waals surface area contributed by atoms with Crippen LogP contribution in [0.15, 0.2) is 116 Å². The molecule has 12 aromatic rings. The van der Waals surface area contributed by atoms with Gasteiger partial charge in [0.15, 0.2) is 23.3 Å². The summed E-state index contributed by atoms with van der Waals surface area (Å²) >= 11 is 1.99. The number of ether oxygens (including phenoxy) is 4. The van der Waals surface area contributed by atoms with Crippen LogP contribution in [0.3, 0.4) is 0 Å². The molecule has 0 bridgehead atoms. The summed E-state index contributed by atoms with van der Waals surface area (Å²) in [7, 11) is 6.01. The van der Waals surface area contributed by atoms with E-state index in [2.05, 4.69) is 103 Å². The van der Waals surface area contributed by atoms with Gasteiger partial charge in [0.2, 0.25) is 0 Å². The van der Waals surface area contributed by atoms with Crippen molar-refractivity contribution in [2.24, 2.45) is 28.2 Å². The lowest BCUT2D eigenvalue weighted by atomic mass is 10.1. The van der Waals surface area contributed by atoms with Gasteiger partial charge >= 0.3 is 22.8 Å². The second-order valence-electron chi connectivity index (χ2n) is 20.8. The highest BCUT2D eigenvalue weighted by atomic mass is 127. The first kappa shape index (κ1) is 60.9. The van der Waals surface area contributed by atoms with Crippen molar-refractivity contribution in [2.75, 3.05) is 0 Å². The fraction of sp³-hybridized carbons (Fsp3) is 0.310. The van der Waals surface area contributed by atoms with Crippen molar-refractivity contribution in [2.45, 2.75) is 93.2 Å². The van der Waals surface area contributed by atoms with Crippen LogP contribution < -0.4 is 41.7 Å². The summed E-state index contributed by atoms with van der Waals surface area (Å²) in [6.07, 6.45) is 2.64. The molecule has 1 aliphatic rings. The van der Waals surface area contributed by atoms with E-state index in [-0.39, 0.29) is 49.7 Å². The molecule has 1 saturated carbocycles. The van der Waals surface area contributed by atoms with Gasteiger partial charge in [0.05, 0.1) is 44.8 Å². The zero-order valence-electron chi connectivity index (χ0n) is 56.6. The summed E-state index contributed by atoms with van der Waals surface area (Å²) < 4.78 is 63.2. The maximum atomic E-state index is 12.2. The summed E-state index contributed by atoms with van der Waals surface area (Å²) in [6, 6.07) is 22.1. The molecule has 0 N–H and O–H groups in total. The molecule has 0 aliphatic heterocycles. The highest BCUT2D eigenvalue weighted by molar-refractivity contribution is 14.1. The maximum Gasteiger partial charge on any atom is 0.369 e. The van der Waals surface area contributed by atoms with Crippen molar-refractivity contribution in [1.29, 1.82) is 0 Å². The molecule has 8 heterocycles. The minimum atomic E-state index is -0.442. The number of rotatable bonds is 18. The summed E-state index contributed by atoms with van der Waals surface area (Å²) in [5.74, 6) is 3.87. The van der Waals surface area contributed by atoms with Gasteiger partial charge < -0.3 is 18.9 Å². The Hall–Kier alpha value is -11.7. The molecule has 0 atom stereocenters. The molecule has 0 amide bonds. The lowest BCUT2D eigenvalue weighted by molar-refractivity contribution is 0.300. The number of hydrogen-bond donors (Lipinski definition) is 0. The number of halogens is 1. The average Bonchev–Trinajstić information content (AvgIpc) is 1.68. The first-order chi connectivity index (χ1) is 47.5. The van der Waals surface area contributed by atoms with E-state index in [1.54, 1.807) is 79.7 Å². The van der Waals surface area contributed by atoms with Crippen LogP contribution in [0.4, 0.5) is 0 Å². The van der Waals surface area contributed by atoms with Crippen LogP contribution in [-0.4, -0.2) is 141 Å². The number of aryl methyl sites for hydroxylation is 10. The molecule has 95 heavy (non-hydrogen) atoms. The zero-order valence-corrected chi connectivity index (χ0v) is 54.8. The van der Waals surface area contributed by atoms with Gasteiger partial charge in [0.25, 0.3) is 0 Å².